The second-order valence-electron chi connectivity index (χ2n) is 8.21. The number of nitrogens with zero attached hydrogens (tertiary/aromatic N) is 3. The van der Waals surface area contributed by atoms with Gasteiger partial charge in [-0.2, -0.15) is 0 Å². The van der Waals surface area contributed by atoms with Gasteiger partial charge in [-0.3, -0.25) is 9.36 Å². The average molecular weight is 478 g/mol. The van der Waals surface area contributed by atoms with Gasteiger partial charge in [0.1, 0.15) is 11.6 Å². The van der Waals surface area contributed by atoms with Crippen molar-refractivity contribution in [1.82, 2.24) is 14.5 Å². The second kappa shape index (κ2) is 9.69. The number of rotatable bonds is 8. The van der Waals surface area contributed by atoms with E-state index in [0.717, 1.165) is 28.8 Å². The van der Waals surface area contributed by atoms with E-state index in [1.165, 1.54) is 12.1 Å². The van der Waals surface area contributed by atoms with Crippen LogP contribution in [0.2, 0.25) is 0 Å². The van der Waals surface area contributed by atoms with Crippen molar-refractivity contribution in [3.05, 3.63) is 84.2 Å². The van der Waals surface area contributed by atoms with Crippen LogP contribution in [0.5, 0.6) is 5.75 Å². The maximum absolute atomic E-state index is 13.0. The smallest absolute Gasteiger partial charge is 0.253 e. The van der Waals surface area contributed by atoms with Crippen molar-refractivity contribution >= 4 is 26.8 Å². The predicted octanol–water partition coefficient (Wildman–Crippen LogP) is 4.28. The normalized spacial score (nSPS) is 11.5. The van der Waals surface area contributed by atoms with Crippen molar-refractivity contribution in [1.29, 1.82) is 0 Å². The molecule has 0 aliphatic heterocycles. The Morgan fingerprint density at radius 3 is 2.53 bits per heavy atom. The molecule has 0 fully saturated rings. The maximum Gasteiger partial charge on any atom is 0.253 e. The summed E-state index contributed by atoms with van der Waals surface area (Å²) in [7, 11) is -1.53. The number of fused-ring (bicyclic) bond motifs is 1. The van der Waals surface area contributed by atoms with Gasteiger partial charge >= 0.3 is 0 Å². The summed E-state index contributed by atoms with van der Waals surface area (Å²) < 4.78 is 31.1. The Labute approximate surface area is 199 Å². The Morgan fingerprint density at radius 1 is 1.03 bits per heavy atom. The van der Waals surface area contributed by atoms with Crippen LogP contribution in [0.3, 0.4) is 0 Å². The fourth-order valence-electron chi connectivity index (χ4n) is 3.85. The summed E-state index contributed by atoms with van der Waals surface area (Å²) in [4.78, 5) is 19.5. The molecule has 0 aliphatic rings. The molecule has 0 saturated heterocycles. The Hall–Kier alpha value is -3.65. The molecule has 0 aliphatic carbocycles. The second-order valence-corrected chi connectivity index (χ2v) is 10.2. The van der Waals surface area contributed by atoms with Gasteiger partial charge in [-0.05, 0) is 61.9 Å². The van der Waals surface area contributed by atoms with Crippen molar-refractivity contribution in [2.24, 2.45) is 0 Å². The van der Waals surface area contributed by atoms with Crippen molar-refractivity contribution in [2.75, 3.05) is 26.5 Å². The number of hydrogen-bond donors (Lipinski definition) is 0. The fourth-order valence-corrected chi connectivity index (χ4v) is 4.50. The third-order valence-electron chi connectivity index (χ3n) is 5.57. The number of aromatic nitrogens is 2. The van der Waals surface area contributed by atoms with Gasteiger partial charge in [-0.1, -0.05) is 24.3 Å². The molecule has 0 atom stereocenters. The number of para-hydroxylation sites is 1. The number of sulfone groups is 1. The van der Waals surface area contributed by atoms with Crippen LogP contribution < -0.4 is 4.74 Å². The number of carbonyl (C=O) groups excluding carboxylic acids is 1. The van der Waals surface area contributed by atoms with Gasteiger partial charge in [-0.15, -0.1) is 0 Å². The SMILES string of the molecule is Cc1nc2cc(C(=O)N(C)CCCOc3cccc(S(C)(=O)=O)c3)ccc2n1-c1ccccc1. The monoisotopic (exact) mass is 477 g/mol. The number of benzene rings is 3. The molecule has 0 unspecified atom stereocenters. The quantitative estimate of drug-likeness (QED) is 0.354. The Kier molecular flexibility index (Phi) is 6.70. The van der Waals surface area contributed by atoms with Gasteiger partial charge in [0.2, 0.25) is 0 Å². The molecule has 3 aromatic carbocycles. The lowest BCUT2D eigenvalue weighted by Gasteiger charge is -2.17. The predicted molar refractivity (Wildman–Crippen MR) is 132 cm³/mol. The highest BCUT2D eigenvalue weighted by atomic mass is 32.2. The van der Waals surface area contributed by atoms with Crippen LogP contribution in [-0.4, -0.2) is 55.2 Å². The molecule has 1 heterocycles. The number of carbonyl (C=O) groups is 1. The minimum atomic E-state index is -3.28. The molecule has 176 valence electrons. The van der Waals surface area contributed by atoms with E-state index in [1.54, 1.807) is 24.1 Å². The lowest BCUT2D eigenvalue weighted by atomic mass is 10.1. The van der Waals surface area contributed by atoms with Gasteiger partial charge in [0.15, 0.2) is 9.84 Å². The third kappa shape index (κ3) is 5.12. The van der Waals surface area contributed by atoms with Crippen LogP contribution in [-0.2, 0) is 9.84 Å². The summed E-state index contributed by atoms with van der Waals surface area (Å²) >= 11 is 0. The van der Waals surface area contributed by atoms with Crippen LogP contribution in [0.25, 0.3) is 16.7 Å². The van der Waals surface area contributed by atoms with Crippen molar-refractivity contribution in [3.63, 3.8) is 0 Å². The van der Waals surface area contributed by atoms with Crippen LogP contribution in [0, 0.1) is 6.92 Å². The van der Waals surface area contributed by atoms with E-state index in [-0.39, 0.29) is 10.8 Å². The fraction of sp³-hybridized carbons (Fsp3) is 0.231. The van der Waals surface area contributed by atoms with Crippen LogP contribution >= 0.6 is 0 Å². The Morgan fingerprint density at radius 2 is 1.79 bits per heavy atom. The zero-order chi connectivity index (χ0) is 24.3. The molecular weight excluding hydrogens is 450 g/mol. The number of ether oxygens (including phenoxy) is 1. The summed E-state index contributed by atoms with van der Waals surface area (Å²) in [6, 6.07) is 22.0. The molecule has 0 radical (unpaired) electrons. The van der Waals surface area contributed by atoms with Crippen molar-refractivity contribution in [2.45, 2.75) is 18.2 Å². The van der Waals surface area contributed by atoms with Gasteiger partial charge in [-0.25, -0.2) is 13.4 Å². The minimum Gasteiger partial charge on any atom is -0.493 e. The molecule has 7 nitrogen and oxygen atoms in total. The number of amides is 1. The lowest BCUT2D eigenvalue weighted by molar-refractivity contribution is 0.0788. The molecule has 0 N–H and O–H groups in total. The molecule has 0 bridgehead atoms. The molecule has 1 aromatic heterocycles. The first-order valence-corrected chi connectivity index (χ1v) is 12.9. The van der Waals surface area contributed by atoms with Crippen molar-refractivity contribution < 1.29 is 17.9 Å². The molecular formula is C26H27N3O4S. The highest BCUT2D eigenvalue weighted by molar-refractivity contribution is 7.90. The third-order valence-corrected chi connectivity index (χ3v) is 6.68. The zero-order valence-corrected chi connectivity index (χ0v) is 20.2. The first-order valence-electron chi connectivity index (χ1n) is 11.0. The topological polar surface area (TPSA) is 81.5 Å². The summed E-state index contributed by atoms with van der Waals surface area (Å²) in [5.74, 6) is 1.26. The minimum absolute atomic E-state index is 0.0899. The summed E-state index contributed by atoms with van der Waals surface area (Å²) in [6.07, 6.45) is 1.77. The van der Waals surface area contributed by atoms with E-state index in [4.69, 9.17) is 4.74 Å². The summed E-state index contributed by atoms with van der Waals surface area (Å²) in [6.45, 7) is 2.82. The Bertz CT molecular complexity index is 1430. The zero-order valence-electron chi connectivity index (χ0n) is 19.4. The molecule has 0 saturated carbocycles. The van der Waals surface area contributed by atoms with Gasteiger partial charge in [0.05, 0.1) is 22.5 Å². The molecule has 4 rings (SSSR count). The van der Waals surface area contributed by atoms with Gasteiger partial charge in [0, 0.05) is 31.1 Å². The molecule has 34 heavy (non-hydrogen) atoms. The molecule has 4 aromatic rings. The maximum atomic E-state index is 13.0. The van der Waals surface area contributed by atoms with Crippen LogP contribution in [0.4, 0.5) is 0 Å². The van der Waals surface area contributed by atoms with E-state index >= 15 is 0 Å². The highest BCUT2D eigenvalue weighted by Crippen LogP contribution is 2.23. The van der Waals surface area contributed by atoms with E-state index < -0.39 is 9.84 Å². The first kappa shape index (κ1) is 23.5. The standard InChI is InChI=1S/C26H27N3O4S/c1-19-27-24-17-20(13-14-25(24)29(19)21-9-5-4-6-10-21)26(30)28(2)15-8-16-33-22-11-7-12-23(18-22)34(3,31)32/h4-7,9-14,17-18H,8,15-16H2,1-3H3. The number of aryl methyl sites for hydroxylation is 1. The molecule has 0 spiro atoms. The van der Waals surface area contributed by atoms with Gasteiger partial charge < -0.3 is 9.64 Å². The van der Waals surface area contributed by atoms with E-state index in [1.807, 2.05) is 55.5 Å². The molecule has 8 heteroatoms. The summed E-state index contributed by atoms with van der Waals surface area (Å²) in [5, 5.41) is 0. The number of imidazole rings is 1. The van der Waals surface area contributed by atoms with E-state index in [0.29, 0.717) is 30.9 Å². The van der Waals surface area contributed by atoms with Crippen LogP contribution in [0.1, 0.15) is 22.6 Å². The average Bonchev–Trinajstić information content (AvgIpc) is 3.16. The Balaban J connectivity index is 1.39. The van der Waals surface area contributed by atoms with E-state index in [2.05, 4.69) is 9.55 Å². The lowest BCUT2D eigenvalue weighted by Crippen LogP contribution is -2.28. The van der Waals surface area contributed by atoms with E-state index in [9.17, 15) is 13.2 Å². The first-order chi connectivity index (χ1) is 16.2. The van der Waals surface area contributed by atoms with Crippen molar-refractivity contribution in [3.8, 4) is 11.4 Å². The van der Waals surface area contributed by atoms with Gasteiger partial charge in [0.25, 0.3) is 5.91 Å². The molecule has 1 amide bonds. The highest BCUT2D eigenvalue weighted by Gasteiger charge is 2.15. The number of hydrogen-bond acceptors (Lipinski definition) is 5. The largest absolute Gasteiger partial charge is 0.493 e. The van der Waals surface area contributed by atoms with Crippen LogP contribution in [0.15, 0.2) is 77.7 Å². The summed E-state index contributed by atoms with van der Waals surface area (Å²) in [5.41, 5.74) is 3.33.